The first-order chi connectivity index (χ1) is 14.2. The second kappa shape index (κ2) is 11.1. The molecule has 2 rings (SSSR count). The van der Waals surface area contributed by atoms with Crippen molar-refractivity contribution >= 4 is 11.9 Å². The lowest BCUT2D eigenvalue weighted by Gasteiger charge is -2.30. The lowest BCUT2D eigenvalue weighted by Crippen LogP contribution is -2.44. The highest BCUT2D eigenvalue weighted by Crippen LogP contribution is 2.20. The fourth-order valence-electron chi connectivity index (χ4n) is 3.44. The molecule has 1 amide bonds. The van der Waals surface area contributed by atoms with Crippen LogP contribution < -0.4 is 4.74 Å². The first-order valence-electron chi connectivity index (χ1n) is 10.1. The minimum absolute atomic E-state index is 0.0681. The van der Waals surface area contributed by atoms with Crippen LogP contribution in [-0.4, -0.2) is 78.3 Å². The lowest BCUT2D eigenvalue weighted by atomic mass is 10.1. The van der Waals surface area contributed by atoms with Gasteiger partial charge >= 0.3 is 12.1 Å². The summed E-state index contributed by atoms with van der Waals surface area (Å²) in [5, 5.41) is 0. The van der Waals surface area contributed by atoms with Gasteiger partial charge in [0.2, 0.25) is 5.88 Å². The van der Waals surface area contributed by atoms with Crippen LogP contribution in [0.25, 0.3) is 0 Å². The molecule has 1 atom stereocenters. The van der Waals surface area contributed by atoms with Gasteiger partial charge in [-0.15, -0.1) is 0 Å². The van der Waals surface area contributed by atoms with E-state index in [9.17, 15) is 22.8 Å². The van der Waals surface area contributed by atoms with Crippen molar-refractivity contribution in [3.05, 3.63) is 23.9 Å². The average Bonchev–Trinajstić information content (AvgIpc) is 3.16. The zero-order chi connectivity index (χ0) is 22.1. The van der Waals surface area contributed by atoms with Crippen LogP contribution >= 0.6 is 0 Å². The second-order valence-corrected chi connectivity index (χ2v) is 7.02. The predicted octanol–water partition coefficient (Wildman–Crippen LogP) is 2.90. The summed E-state index contributed by atoms with van der Waals surface area (Å²) >= 11 is 0. The highest BCUT2D eigenvalue weighted by atomic mass is 19.4. The zero-order valence-electron chi connectivity index (χ0n) is 17.3. The molecule has 1 fully saturated rings. The van der Waals surface area contributed by atoms with E-state index in [4.69, 9.17) is 4.74 Å². The summed E-state index contributed by atoms with van der Waals surface area (Å²) in [5.74, 6) is -0.935. The first kappa shape index (κ1) is 23.9. The number of esters is 1. The molecule has 10 heteroatoms. The second-order valence-electron chi connectivity index (χ2n) is 7.02. The quantitative estimate of drug-likeness (QED) is 0.531. The van der Waals surface area contributed by atoms with Crippen molar-refractivity contribution in [2.24, 2.45) is 0 Å². The molecular formula is C20H28F3N3O4. The van der Waals surface area contributed by atoms with Crippen molar-refractivity contribution in [2.75, 3.05) is 39.4 Å². The number of likely N-dealkylation sites (N-methyl/N-ethyl adjacent to an activating group) is 1. The topological polar surface area (TPSA) is 72.0 Å². The van der Waals surface area contributed by atoms with Gasteiger partial charge < -0.3 is 14.4 Å². The summed E-state index contributed by atoms with van der Waals surface area (Å²) in [7, 11) is 0. The number of ether oxygens (including phenoxy) is 2. The summed E-state index contributed by atoms with van der Waals surface area (Å²) in [4.78, 5) is 32.5. The predicted molar refractivity (Wildman–Crippen MR) is 103 cm³/mol. The van der Waals surface area contributed by atoms with Gasteiger partial charge in [-0.05, 0) is 38.9 Å². The molecule has 30 heavy (non-hydrogen) atoms. The Bertz CT molecular complexity index is 698. The Morgan fingerprint density at radius 3 is 2.67 bits per heavy atom. The van der Waals surface area contributed by atoms with E-state index < -0.39 is 12.8 Å². The van der Waals surface area contributed by atoms with Gasteiger partial charge in [-0.2, -0.15) is 13.2 Å². The fourth-order valence-corrected chi connectivity index (χ4v) is 3.44. The highest BCUT2D eigenvalue weighted by molar-refractivity contribution is 5.94. The van der Waals surface area contributed by atoms with Crippen molar-refractivity contribution in [1.29, 1.82) is 0 Å². The minimum atomic E-state index is -4.47. The molecule has 0 spiro atoms. The highest BCUT2D eigenvalue weighted by Gasteiger charge is 2.29. The Morgan fingerprint density at radius 1 is 1.30 bits per heavy atom. The molecule has 2 heterocycles. The number of pyridine rings is 1. The van der Waals surface area contributed by atoms with Crippen molar-refractivity contribution in [2.45, 2.75) is 45.3 Å². The standard InChI is InChI=1S/C20H28F3N3O4/c1-3-25-10-5-6-16(25)13-26(11-9-18(27)29-4-2)19(28)15-7-8-17(24-12-15)30-14-20(21,22)23/h7-8,12,16H,3-6,9-11,13-14H2,1-2H3. The van der Waals surface area contributed by atoms with Gasteiger partial charge in [0, 0.05) is 31.4 Å². The third-order valence-corrected chi connectivity index (χ3v) is 4.88. The van der Waals surface area contributed by atoms with Gasteiger partial charge in [-0.25, -0.2) is 4.98 Å². The van der Waals surface area contributed by atoms with Crippen LogP contribution in [0.15, 0.2) is 18.3 Å². The fraction of sp³-hybridized carbons (Fsp3) is 0.650. The van der Waals surface area contributed by atoms with E-state index in [-0.39, 0.29) is 48.9 Å². The molecule has 1 saturated heterocycles. The number of hydrogen-bond donors (Lipinski definition) is 0. The maximum Gasteiger partial charge on any atom is 0.422 e. The number of alkyl halides is 3. The largest absolute Gasteiger partial charge is 0.468 e. The van der Waals surface area contributed by atoms with E-state index >= 15 is 0 Å². The monoisotopic (exact) mass is 431 g/mol. The molecule has 0 saturated carbocycles. The van der Waals surface area contributed by atoms with E-state index in [1.807, 2.05) is 0 Å². The van der Waals surface area contributed by atoms with Gasteiger partial charge in [0.25, 0.3) is 5.91 Å². The van der Waals surface area contributed by atoms with Crippen LogP contribution in [0, 0.1) is 0 Å². The molecule has 0 radical (unpaired) electrons. The number of likely N-dealkylation sites (tertiary alicyclic amines) is 1. The third kappa shape index (κ3) is 7.47. The molecule has 0 N–H and O–H groups in total. The number of nitrogens with zero attached hydrogens (tertiary/aromatic N) is 3. The molecule has 7 nitrogen and oxygen atoms in total. The van der Waals surface area contributed by atoms with E-state index in [0.29, 0.717) is 6.54 Å². The molecule has 0 aromatic carbocycles. The Morgan fingerprint density at radius 2 is 2.07 bits per heavy atom. The summed E-state index contributed by atoms with van der Waals surface area (Å²) < 4.78 is 46.3. The molecule has 1 aliphatic heterocycles. The number of carbonyl (C=O) groups excluding carboxylic acids is 2. The van der Waals surface area contributed by atoms with Crippen LogP contribution in [0.5, 0.6) is 5.88 Å². The van der Waals surface area contributed by atoms with Crippen molar-refractivity contribution in [3.63, 3.8) is 0 Å². The zero-order valence-corrected chi connectivity index (χ0v) is 17.3. The van der Waals surface area contributed by atoms with E-state index in [2.05, 4.69) is 21.5 Å². The number of carbonyl (C=O) groups is 2. The summed E-state index contributed by atoms with van der Waals surface area (Å²) in [6.45, 7) is 5.08. The van der Waals surface area contributed by atoms with Gasteiger partial charge in [0.05, 0.1) is 18.6 Å². The summed E-state index contributed by atoms with van der Waals surface area (Å²) in [6, 6.07) is 2.81. The van der Waals surface area contributed by atoms with Crippen LogP contribution in [0.1, 0.15) is 43.5 Å². The average molecular weight is 431 g/mol. The van der Waals surface area contributed by atoms with E-state index in [0.717, 1.165) is 25.9 Å². The SMILES string of the molecule is CCOC(=O)CCN(CC1CCCN1CC)C(=O)c1ccc(OCC(F)(F)F)nc1. The number of hydrogen-bond acceptors (Lipinski definition) is 6. The number of halogens is 3. The van der Waals surface area contributed by atoms with Crippen LogP contribution in [0.3, 0.4) is 0 Å². The Balaban J connectivity index is 2.07. The van der Waals surface area contributed by atoms with Gasteiger partial charge in [-0.1, -0.05) is 6.92 Å². The van der Waals surface area contributed by atoms with Crippen molar-refractivity contribution < 1.29 is 32.2 Å². The van der Waals surface area contributed by atoms with Crippen molar-refractivity contribution in [3.8, 4) is 5.88 Å². The molecule has 1 unspecified atom stereocenters. The normalized spacial score (nSPS) is 17.0. The number of aromatic nitrogens is 1. The molecule has 1 aromatic heterocycles. The number of rotatable bonds is 10. The van der Waals surface area contributed by atoms with Crippen molar-refractivity contribution in [1.82, 2.24) is 14.8 Å². The van der Waals surface area contributed by atoms with E-state index in [1.165, 1.54) is 18.3 Å². The van der Waals surface area contributed by atoms with Gasteiger partial charge in [0.1, 0.15) is 0 Å². The van der Waals surface area contributed by atoms with Crippen LogP contribution in [0.2, 0.25) is 0 Å². The Hall–Kier alpha value is -2.36. The molecule has 0 aliphatic carbocycles. The third-order valence-electron chi connectivity index (χ3n) is 4.88. The van der Waals surface area contributed by atoms with Gasteiger partial charge in [-0.3, -0.25) is 14.5 Å². The smallest absolute Gasteiger partial charge is 0.422 e. The number of amides is 1. The molecular weight excluding hydrogens is 403 g/mol. The maximum absolute atomic E-state index is 13.0. The Kier molecular flexibility index (Phi) is 8.88. The summed E-state index contributed by atoms with van der Waals surface area (Å²) in [5.41, 5.74) is 0.222. The molecule has 1 aliphatic rings. The molecule has 1 aromatic rings. The van der Waals surface area contributed by atoms with Crippen LogP contribution in [-0.2, 0) is 9.53 Å². The van der Waals surface area contributed by atoms with Crippen LogP contribution in [0.4, 0.5) is 13.2 Å². The summed E-state index contributed by atoms with van der Waals surface area (Å²) in [6.07, 6.45) is -1.20. The molecule has 0 bridgehead atoms. The first-order valence-corrected chi connectivity index (χ1v) is 10.1. The minimum Gasteiger partial charge on any atom is -0.468 e. The maximum atomic E-state index is 13.0. The lowest BCUT2D eigenvalue weighted by molar-refractivity contribution is -0.154. The van der Waals surface area contributed by atoms with Gasteiger partial charge in [0.15, 0.2) is 6.61 Å². The molecule has 168 valence electrons. The van der Waals surface area contributed by atoms with E-state index in [1.54, 1.807) is 11.8 Å². The Labute approximate surface area is 174 Å².